The molecule has 0 spiro atoms. The van der Waals surface area contributed by atoms with Gasteiger partial charge >= 0.3 is 0 Å². The van der Waals surface area contributed by atoms with Crippen LogP contribution in [0.5, 0.6) is 0 Å². The molecule has 0 radical (unpaired) electrons. The molecule has 1 aromatic heterocycles. The van der Waals surface area contributed by atoms with Crippen molar-refractivity contribution in [2.75, 3.05) is 4.90 Å². The molecule has 0 N–H and O–H groups in total. The molecule has 4 aromatic rings. The maximum Gasteiger partial charge on any atom is 0.266 e. The lowest BCUT2D eigenvalue weighted by Gasteiger charge is -2.13. The van der Waals surface area contributed by atoms with E-state index in [9.17, 15) is 9.59 Å². The molecule has 130 valence electrons. The molecule has 2 amide bonds. The number of imide groups is 1. The molecule has 1 aliphatic rings. The van der Waals surface area contributed by atoms with Crippen molar-refractivity contribution in [1.82, 2.24) is 4.98 Å². The zero-order valence-electron chi connectivity index (χ0n) is 13.8. The summed E-state index contributed by atoms with van der Waals surface area (Å²) in [4.78, 5) is 31.6. The van der Waals surface area contributed by atoms with Gasteiger partial charge in [0.05, 0.1) is 27.0 Å². The number of hydrogen-bond acceptors (Lipinski definition) is 4. The maximum absolute atomic E-state index is 12.9. The Morgan fingerprint density at radius 1 is 0.852 bits per heavy atom. The summed E-state index contributed by atoms with van der Waals surface area (Å²) in [6.07, 6.45) is 0. The number of fused-ring (bicyclic) bond motifs is 2. The number of nitrogens with zero attached hydrogens (tertiary/aromatic N) is 2. The first kappa shape index (κ1) is 16.4. The van der Waals surface area contributed by atoms with Crippen molar-refractivity contribution in [2.24, 2.45) is 0 Å². The van der Waals surface area contributed by atoms with E-state index in [-0.39, 0.29) is 11.8 Å². The van der Waals surface area contributed by atoms with Gasteiger partial charge in [0, 0.05) is 10.0 Å². The van der Waals surface area contributed by atoms with E-state index in [1.54, 1.807) is 35.6 Å². The van der Waals surface area contributed by atoms with Gasteiger partial charge in [-0.1, -0.05) is 34.1 Å². The third-order valence-corrected chi connectivity index (χ3v) is 6.13. The van der Waals surface area contributed by atoms with Crippen molar-refractivity contribution in [3.63, 3.8) is 0 Å². The molecule has 0 fully saturated rings. The van der Waals surface area contributed by atoms with Gasteiger partial charge < -0.3 is 0 Å². The van der Waals surface area contributed by atoms with E-state index in [1.165, 1.54) is 4.90 Å². The Morgan fingerprint density at radius 2 is 1.59 bits per heavy atom. The van der Waals surface area contributed by atoms with Gasteiger partial charge in [0.25, 0.3) is 11.8 Å². The van der Waals surface area contributed by atoms with E-state index >= 15 is 0 Å². The molecule has 5 rings (SSSR count). The first-order chi connectivity index (χ1) is 13.1. The van der Waals surface area contributed by atoms with Crippen LogP contribution < -0.4 is 4.90 Å². The lowest BCUT2D eigenvalue weighted by molar-refractivity contribution is 0.0926. The Hall–Kier alpha value is -2.83. The first-order valence-electron chi connectivity index (χ1n) is 8.26. The lowest BCUT2D eigenvalue weighted by atomic mass is 10.1. The van der Waals surface area contributed by atoms with Gasteiger partial charge in [-0.3, -0.25) is 9.59 Å². The number of aromatic nitrogens is 1. The molecule has 0 unspecified atom stereocenters. The van der Waals surface area contributed by atoms with Crippen LogP contribution in [0.15, 0.2) is 71.2 Å². The molecule has 0 aliphatic carbocycles. The number of carbonyl (C=O) groups excluding carboxylic acids is 2. The predicted molar refractivity (Wildman–Crippen MR) is 110 cm³/mol. The van der Waals surface area contributed by atoms with E-state index in [2.05, 4.69) is 20.9 Å². The van der Waals surface area contributed by atoms with Gasteiger partial charge in [-0.05, 0) is 48.5 Å². The second kappa shape index (κ2) is 6.11. The zero-order valence-corrected chi connectivity index (χ0v) is 16.3. The predicted octanol–water partition coefficient (Wildman–Crippen LogP) is 5.53. The molecule has 0 saturated heterocycles. The van der Waals surface area contributed by atoms with Crippen LogP contribution in [0, 0.1) is 0 Å². The number of thiazole rings is 1. The molecule has 27 heavy (non-hydrogen) atoms. The van der Waals surface area contributed by atoms with Gasteiger partial charge in [0.2, 0.25) is 0 Å². The van der Waals surface area contributed by atoms with Crippen LogP contribution in [0.3, 0.4) is 0 Å². The molecular weight excluding hydrogens is 424 g/mol. The number of hydrogen-bond donors (Lipinski definition) is 0. The smallest absolute Gasteiger partial charge is 0.266 e. The Bertz CT molecular complexity index is 1200. The number of amides is 2. The third kappa shape index (κ3) is 2.60. The summed E-state index contributed by atoms with van der Waals surface area (Å²) in [5, 5.41) is 0.835. The molecule has 2 heterocycles. The number of benzene rings is 3. The van der Waals surface area contributed by atoms with Crippen LogP contribution in [-0.4, -0.2) is 16.8 Å². The van der Waals surface area contributed by atoms with Crippen molar-refractivity contribution >= 4 is 55.0 Å². The van der Waals surface area contributed by atoms with E-state index in [0.29, 0.717) is 16.8 Å². The topological polar surface area (TPSA) is 50.3 Å². The molecule has 4 nitrogen and oxygen atoms in total. The monoisotopic (exact) mass is 434 g/mol. The number of halogens is 1. The average Bonchev–Trinajstić information content (AvgIpc) is 3.22. The fraction of sp³-hybridized carbons (Fsp3) is 0. The zero-order chi connectivity index (χ0) is 18.5. The number of rotatable bonds is 2. The first-order valence-corrected chi connectivity index (χ1v) is 9.87. The highest BCUT2D eigenvalue weighted by Crippen LogP contribution is 2.35. The van der Waals surface area contributed by atoms with E-state index in [4.69, 9.17) is 0 Å². The van der Waals surface area contributed by atoms with Gasteiger partial charge in [-0.2, -0.15) is 0 Å². The summed E-state index contributed by atoms with van der Waals surface area (Å²) < 4.78 is 1.98. The maximum atomic E-state index is 12.9. The summed E-state index contributed by atoms with van der Waals surface area (Å²) in [6.45, 7) is 0. The lowest BCUT2D eigenvalue weighted by Crippen LogP contribution is -2.29. The normalized spacial score (nSPS) is 13.4. The van der Waals surface area contributed by atoms with Gasteiger partial charge in [-0.15, -0.1) is 11.3 Å². The third-order valence-electron chi connectivity index (χ3n) is 4.51. The van der Waals surface area contributed by atoms with Crippen molar-refractivity contribution in [1.29, 1.82) is 0 Å². The van der Waals surface area contributed by atoms with Crippen LogP contribution in [0.1, 0.15) is 20.7 Å². The molecule has 0 bridgehead atoms. The van der Waals surface area contributed by atoms with Crippen molar-refractivity contribution in [2.45, 2.75) is 0 Å². The summed E-state index contributed by atoms with van der Waals surface area (Å²) in [6, 6.07) is 20.4. The number of carbonyl (C=O) groups is 2. The van der Waals surface area contributed by atoms with Crippen molar-refractivity contribution < 1.29 is 9.59 Å². The minimum absolute atomic E-state index is 0.298. The Kier molecular flexibility index (Phi) is 3.70. The molecule has 0 atom stereocenters. The van der Waals surface area contributed by atoms with Crippen LogP contribution in [-0.2, 0) is 0 Å². The number of para-hydroxylation sites is 1. The fourth-order valence-electron chi connectivity index (χ4n) is 3.19. The van der Waals surface area contributed by atoms with Crippen LogP contribution in [0.4, 0.5) is 5.69 Å². The summed E-state index contributed by atoms with van der Waals surface area (Å²) in [7, 11) is 0. The van der Waals surface area contributed by atoms with Crippen molar-refractivity contribution in [3.05, 3.63) is 82.3 Å². The Balaban J connectivity index is 1.58. The Labute approximate surface area is 167 Å². The molecule has 1 aliphatic heterocycles. The minimum Gasteiger partial charge on any atom is -0.268 e. The standard InChI is InChI=1S/C21H11BrN2O2S/c22-13-6-8-14(9-7-13)24-20(25)15-10-5-12(11-16(15)21(24)26)19-23-17-3-1-2-4-18(17)27-19/h1-11H. The van der Waals surface area contributed by atoms with Crippen LogP contribution >= 0.6 is 27.3 Å². The second-order valence-corrected chi connectivity index (χ2v) is 8.12. The largest absolute Gasteiger partial charge is 0.268 e. The van der Waals surface area contributed by atoms with Crippen molar-refractivity contribution in [3.8, 4) is 10.6 Å². The van der Waals surface area contributed by atoms with Gasteiger partial charge in [0.1, 0.15) is 5.01 Å². The average molecular weight is 435 g/mol. The SMILES string of the molecule is O=C1c2ccc(-c3nc4ccccc4s3)cc2C(=O)N1c1ccc(Br)cc1. The summed E-state index contributed by atoms with van der Waals surface area (Å²) >= 11 is 4.94. The highest BCUT2D eigenvalue weighted by molar-refractivity contribution is 9.10. The summed E-state index contributed by atoms with van der Waals surface area (Å²) in [5.41, 5.74) is 3.17. The van der Waals surface area contributed by atoms with E-state index in [1.807, 2.05) is 42.5 Å². The molecule has 3 aromatic carbocycles. The summed E-state index contributed by atoms with van der Waals surface area (Å²) in [5.74, 6) is -0.603. The minimum atomic E-state index is -0.305. The molecular formula is C21H11BrN2O2S. The highest BCUT2D eigenvalue weighted by Gasteiger charge is 2.36. The number of anilines is 1. The molecule has 6 heteroatoms. The van der Waals surface area contributed by atoms with Crippen LogP contribution in [0.25, 0.3) is 20.8 Å². The Morgan fingerprint density at radius 3 is 2.37 bits per heavy atom. The van der Waals surface area contributed by atoms with Gasteiger partial charge in [0.15, 0.2) is 0 Å². The van der Waals surface area contributed by atoms with Gasteiger partial charge in [-0.25, -0.2) is 9.88 Å². The fourth-order valence-corrected chi connectivity index (χ4v) is 4.42. The van der Waals surface area contributed by atoms with Crippen LogP contribution in [0.2, 0.25) is 0 Å². The van der Waals surface area contributed by atoms with E-state index in [0.717, 1.165) is 25.3 Å². The van der Waals surface area contributed by atoms with E-state index < -0.39 is 0 Å². The molecule has 0 saturated carbocycles. The quantitative estimate of drug-likeness (QED) is 0.390. The second-order valence-electron chi connectivity index (χ2n) is 6.17. The highest BCUT2D eigenvalue weighted by atomic mass is 79.9.